The quantitative estimate of drug-likeness (QED) is 0.485. The van der Waals surface area contributed by atoms with Crippen molar-refractivity contribution in [2.75, 3.05) is 25.7 Å². The first kappa shape index (κ1) is 18.3. The maximum absolute atomic E-state index is 9.93. The summed E-state index contributed by atoms with van der Waals surface area (Å²) < 4.78 is 17.0. The average molecular weight is 390 g/mol. The summed E-state index contributed by atoms with van der Waals surface area (Å²) in [4.78, 5) is 4.25. The molecular formula is C21H18N4O4. The lowest BCUT2D eigenvalue weighted by molar-refractivity contribution is 0.350. The lowest BCUT2D eigenvalue weighted by Crippen LogP contribution is -2.18. The standard InChI is InChI=1S/C21H18N4O4/c1-27-14-5-3-4-12(19(14)28-2)16-11-7-6-10(26)8-15(11)29-21-17(16)18(23)13(9-22)20(24)25-21/h3-8,16,26H,1-2H3,(H4,23,24,25)/t16-/m1/s1. The van der Waals surface area contributed by atoms with E-state index in [1.165, 1.54) is 6.07 Å². The molecule has 0 aliphatic carbocycles. The number of hydrogen-bond donors (Lipinski definition) is 3. The van der Waals surface area contributed by atoms with E-state index >= 15 is 0 Å². The van der Waals surface area contributed by atoms with Gasteiger partial charge in [-0.2, -0.15) is 10.2 Å². The van der Waals surface area contributed by atoms with E-state index in [2.05, 4.69) is 4.98 Å². The van der Waals surface area contributed by atoms with Crippen molar-refractivity contribution in [3.8, 4) is 34.9 Å². The van der Waals surface area contributed by atoms with E-state index in [0.29, 0.717) is 22.8 Å². The molecule has 0 radical (unpaired) electrons. The molecule has 0 spiro atoms. The van der Waals surface area contributed by atoms with Gasteiger partial charge >= 0.3 is 0 Å². The Morgan fingerprint density at radius 2 is 1.93 bits per heavy atom. The zero-order valence-electron chi connectivity index (χ0n) is 15.8. The van der Waals surface area contributed by atoms with Crippen LogP contribution in [-0.4, -0.2) is 24.3 Å². The summed E-state index contributed by atoms with van der Waals surface area (Å²) in [6.07, 6.45) is 0. The van der Waals surface area contributed by atoms with Crippen LogP contribution in [0.1, 0.15) is 28.2 Å². The first-order valence-electron chi connectivity index (χ1n) is 8.70. The first-order valence-corrected chi connectivity index (χ1v) is 8.70. The predicted octanol–water partition coefficient (Wildman–Crippen LogP) is 3.13. The second-order valence-corrected chi connectivity index (χ2v) is 6.46. The fourth-order valence-electron chi connectivity index (χ4n) is 3.66. The predicted molar refractivity (Wildman–Crippen MR) is 106 cm³/mol. The third-order valence-corrected chi connectivity index (χ3v) is 4.93. The number of nitrogen functional groups attached to an aromatic ring is 2. The number of ether oxygens (including phenoxy) is 3. The van der Waals surface area contributed by atoms with Crippen molar-refractivity contribution in [2.24, 2.45) is 0 Å². The topological polar surface area (TPSA) is 137 Å². The lowest BCUT2D eigenvalue weighted by atomic mass is 9.81. The van der Waals surface area contributed by atoms with Crippen LogP contribution in [-0.2, 0) is 0 Å². The number of aromatic hydroxyl groups is 1. The van der Waals surface area contributed by atoms with E-state index in [1.54, 1.807) is 32.4 Å². The zero-order chi connectivity index (χ0) is 20.7. The highest BCUT2D eigenvalue weighted by atomic mass is 16.5. The molecule has 8 nitrogen and oxygen atoms in total. The molecule has 0 saturated heterocycles. The first-order chi connectivity index (χ1) is 14.0. The number of anilines is 2. The Balaban J connectivity index is 2.09. The third-order valence-electron chi connectivity index (χ3n) is 4.93. The molecule has 0 saturated carbocycles. The summed E-state index contributed by atoms with van der Waals surface area (Å²) in [5.41, 5.74) is 14.5. The van der Waals surface area contributed by atoms with Gasteiger partial charge in [-0.1, -0.05) is 18.2 Å². The molecule has 4 rings (SSSR count). The summed E-state index contributed by atoms with van der Waals surface area (Å²) in [6.45, 7) is 0. The fraction of sp³-hybridized carbons (Fsp3) is 0.143. The van der Waals surface area contributed by atoms with Crippen molar-refractivity contribution in [3.05, 3.63) is 58.7 Å². The maximum atomic E-state index is 9.93. The monoisotopic (exact) mass is 390 g/mol. The molecule has 1 aliphatic heterocycles. The molecule has 3 aromatic rings. The van der Waals surface area contributed by atoms with Crippen molar-refractivity contribution < 1.29 is 19.3 Å². The number of para-hydroxylation sites is 1. The van der Waals surface area contributed by atoms with Gasteiger partial charge in [-0.3, -0.25) is 0 Å². The smallest absolute Gasteiger partial charge is 0.227 e. The van der Waals surface area contributed by atoms with E-state index in [1.807, 2.05) is 18.2 Å². The summed E-state index contributed by atoms with van der Waals surface area (Å²) in [7, 11) is 3.10. The van der Waals surface area contributed by atoms with Gasteiger partial charge in [-0.15, -0.1) is 0 Å². The van der Waals surface area contributed by atoms with Crippen LogP contribution in [0.5, 0.6) is 28.9 Å². The van der Waals surface area contributed by atoms with Crippen LogP contribution in [0, 0.1) is 11.3 Å². The number of benzene rings is 2. The Morgan fingerprint density at radius 1 is 1.14 bits per heavy atom. The molecule has 0 amide bonds. The zero-order valence-corrected chi connectivity index (χ0v) is 15.8. The molecule has 0 unspecified atom stereocenters. The molecule has 5 N–H and O–H groups in total. The summed E-state index contributed by atoms with van der Waals surface area (Å²) >= 11 is 0. The molecule has 2 heterocycles. The highest BCUT2D eigenvalue weighted by Crippen LogP contribution is 2.53. The minimum atomic E-state index is -0.486. The second-order valence-electron chi connectivity index (χ2n) is 6.46. The van der Waals surface area contributed by atoms with Crippen LogP contribution < -0.4 is 25.7 Å². The number of hydrogen-bond acceptors (Lipinski definition) is 8. The largest absolute Gasteiger partial charge is 0.508 e. The molecule has 1 atom stereocenters. The Labute approximate surface area is 166 Å². The maximum Gasteiger partial charge on any atom is 0.227 e. The van der Waals surface area contributed by atoms with E-state index in [-0.39, 0.29) is 28.7 Å². The summed E-state index contributed by atoms with van der Waals surface area (Å²) in [5, 5.41) is 19.4. The Morgan fingerprint density at radius 3 is 2.62 bits per heavy atom. The number of rotatable bonds is 3. The number of fused-ring (bicyclic) bond motifs is 2. The number of methoxy groups -OCH3 is 2. The van der Waals surface area contributed by atoms with E-state index < -0.39 is 5.92 Å². The van der Waals surface area contributed by atoms with Gasteiger partial charge in [0.05, 0.1) is 25.5 Å². The van der Waals surface area contributed by atoms with Crippen LogP contribution in [0.2, 0.25) is 0 Å². The number of nitriles is 1. The molecule has 29 heavy (non-hydrogen) atoms. The number of pyridine rings is 1. The SMILES string of the molecule is COc1cccc([C@H]2c3ccc(O)cc3Oc3nc(N)c(C#N)c(N)c32)c1OC. The second kappa shape index (κ2) is 6.80. The van der Waals surface area contributed by atoms with Crippen molar-refractivity contribution in [3.63, 3.8) is 0 Å². The normalized spacial score (nSPS) is 14.2. The van der Waals surface area contributed by atoms with Crippen LogP contribution in [0.25, 0.3) is 0 Å². The highest BCUT2D eigenvalue weighted by Gasteiger charge is 2.36. The molecule has 0 fully saturated rings. The molecular weight excluding hydrogens is 372 g/mol. The Bertz CT molecular complexity index is 1170. The van der Waals surface area contributed by atoms with Crippen LogP contribution >= 0.6 is 0 Å². The summed E-state index contributed by atoms with van der Waals surface area (Å²) in [6, 6.07) is 12.3. The Hall–Kier alpha value is -4.12. The van der Waals surface area contributed by atoms with Crippen molar-refractivity contribution in [1.82, 2.24) is 4.98 Å². The van der Waals surface area contributed by atoms with Crippen molar-refractivity contribution >= 4 is 11.5 Å². The van der Waals surface area contributed by atoms with E-state index in [4.69, 9.17) is 25.7 Å². The lowest BCUT2D eigenvalue weighted by Gasteiger charge is -2.30. The van der Waals surface area contributed by atoms with Gasteiger partial charge in [-0.25, -0.2) is 0 Å². The van der Waals surface area contributed by atoms with Crippen molar-refractivity contribution in [2.45, 2.75) is 5.92 Å². The number of nitrogens with two attached hydrogens (primary N) is 2. The Kier molecular flexibility index (Phi) is 4.28. The van der Waals surface area contributed by atoms with Gasteiger partial charge in [-0.05, 0) is 12.1 Å². The minimum absolute atomic E-state index is 0.0243. The van der Waals surface area contributed by atoms with Gasteiger partial charge in [0, 0.05) is 23.1 Å². The molecule has 146 valence electrons. The summed E-state index contributed by atoms with van der Waals surface area (Å²) in [5.74, 6) is 1.17. The number of phenolic OH excluding ortho intramolecular Hbond substituents is 1. The number of phenols is 1. The van der Waals surface area contributed by atoms with E-state index in [9.17, 15) is 10.4 Å². The van der Waals surface area contributed by atoms with Crippen LogP contribution in [0.3, 0.4) is 0 Å². The van der Waals surface area contributed by atoms with Gasteiger partial charge in [0.15, 0.2) is 11.5 Å². The molecule has 2 aromatic carbocycles. The number of aromatic nitrogens is 1. The molecule has 8 heteroatoms. The molecule has 1 aromatic heterocycles. The van der Waals surface area contributed by atoms with E-state index in [0.717, 1.165) is 11.1 Å². The molecule has 1 aliphatic rings. The average Bonchev–Trinajstić information content (AvgIpc) is 2.71. The van der Waals surface area contributed by atoms with Gasteiger partial charge in [0.1, 0.15) is 28.9 Å². The third kappa shape index (κ3) is 2.72. The minimum Gasteiger partial charge on any atom is -0.508 e. The number of nitrogens with zero attached hydrogens (tertiary/aromatic N) is 2. The van der Waals surface area contributed by atoms with Gasteiger partial charge < -0.3 is 30.8 Å². The van der Waals surface area contributed by atoms with Crippen molar-refractivity contribution in [1.29, 1.82) is 5.26 Å². The highest BCUT2D eigenvalue weighted by molar-refractivity contribution is 5.76. The van der Waals surface area contributed by atoms with Gasteiger partial charge in [0.2, 0.25) is 5.88 Å². The molecule has 0 bridgehead atoms. The van der Waals surface area contributed by atoms with Crippen LogP contribution in [0.15, 0.2) is 36.4 Å². The van der Waals surface area contributed by atoms with Gasteiger partial charge in [0.25, 0.3) is 0 Å². The fourth-order valence-corrected chi connectivity index (χ4v) is 3.66. The van der Waals surface area contributed by atoms with Crippen LogP contribution in [0.4, 0.5) is 11.5 Å².